The van der Waals surface area contributed by atoms with Crippen molar-refractivity contribution in [2.24, 2.45) is 0 Å². The van der Waals surface area contributed by atoms with Gasteiger partial charge in [-0.25, -0.2) is 14.8 Å². The smallest absolute Gasteiger partial charge is 0.355 e. The molecule has 168 valence electrons. The molecule has 0 saturated heterocycles. The van der Waals surface area contributed by atoms with Gasteiger partial charge >= 0.3 is 5.97 Å². The van der Waals surface area contributed by atoms with Gasteiger partial charge in [0.2, 0.25) is 5.95 Å². The summed E-state index contributed by atoms with van der Waals surface area (Å²) >= 11 is 0. The number of rotatable bonds is 7. The van der Waals surface area contributed by atoms with E-state index in [0.717, 1.165) is 33.8 Å². The second-order valence-electron chi connectivity index (χ2n) is 7.79. The number of nitrogens with one attached hydrogen (secondary N) is 2. The van der Waals surface area contributed by atoms with Crippen LogP contribution in [-0.2, 0) is 4.74 Å². The monoisotopic (exact) mass is 441 g/mol. The Morgan fingerprint density at radius 1 is 1.03 bits per heavy atom. The lowest BCUT2D eigenvalue weighted by Gasteiger charge is -2.13. The number of carbonyl (C=O) groups is 1. The van der Waals surface area contributed by atoms with Crippen molar-refractivity contribution in [1.82, 2.24) is 15.0 Å². The van der Waals surface area contributed by atoms with Gasteiger partial charge in [0.25, 0.3) is 0 Å². The largest absolute Gasteiger partial charge is 0.461 e. The summed E-state index contributed by atoms with van der Waals surface area (Å²) < 4.78 is 5.30. The topological polar surface area (TPSA) is 83.1 Å². The molecular weight excluding hydrogens is 414 g/mol. The minimum Gasteiger partial charge on any atom is -0.461 e. The summed E-state index contributed by atoms with van der Waals surface area (Å²) in [6.07, 6.45) is 1.71. The van der Waals surface area contributed by atoms with Crippen LogP contribution in [0.2, 0.25) is 0 Å². The van der Waals surface area contributed by atoms with Gasteiger partial charge in [0, 0.05) is 48.5 Å². The molecule has 2 aromatic heterocycles. The number of nitrogens with zero attached hydrogens (tertiary/aromatic N) is 3. The van der Waals surface area contributed by atoms with Crippen LogP contribution in [0.25, 0.3) is 22.4 Å². The van der Waals surface area contributed by atoms with Crippen molar-refractivity contribution < 1.29 is 9.53 Å². The lowest BCUT2D eigenvalue weighted by atomic mass is 9.98. The highest BCUT2D eigenvalue weighted by Gasteiger charge is 2.24. The predicted molar refractivity (Wildman–Crippen MR) is 132 cm³/mol. The highest BCUT2D eigenvalue weighted by molar-refractivity contribution is 6.01. The molecule has 2 aromatic carbocycles. The zero-order chi connectivity index (χ0) is 23.4. The van der Waals surface area contributed by atoms with E-state index in [9.17, 15) is 4.79 Å². The number of esters is 1. The molecule has 2 N–H and O–H groups in total. The van der Waals surface area contributed by atoms with E-state index in [2.05, 4.69) is 15.3 Å². The van der Waals surface area contributed by atoms with Gasteiger partial charge in [0.1, 0.15) is 5.69 Å². The van der Waals surface area contributed by atoms with Crippen molar-refractivity contribution in [3.63, 3.8) is 0 Å². The molecule has 2 heterocycles. The molecule has 0 fully saturated rings. The Hall–Kier alpha value is -4.13. The van der Waals surface area contributed by atoms with E-state index < -0.39 is 0 Å². The molecule has 0 spiro atoms. The van der Waals surface area contributed by atoms with Crippen molar-refractivity contribution in [1.29, 1.82) is 0 Å². The lowest BCUT2D eigenvalue weighted by Crippen LogP contribution is -2.08. The van der Waals surface area contributed by atoms with E-state index in [1.165, 1.54) is 0 Å². The van der Waals surface area contributed by atoms with Crippen molar-refractivity contribution in [3.8, 4) is 22.4 Å². The second-order valence-corrected chi connectivity index (χ2v) is 7.79. The summed E-state index contributed by atoms with van der Waals surface area (Å²) in [6.45, 7) is 4.03. The zero-order valence-corrected chi connectivity index (χ0v) is 19.2. The van der Waals surface area contributed by atoms with Crippen LogP contribution in [0.3, 0.4) is 0 Å². The van der Waals surface area contributed by atoms with Gasteiger partial charge in [-0.2, -0.15) is 0 Å². The van der Waals surface area contributed by atoms with E-state index in [1.807, 2.05) is 86.6 Å². The van der Waals surface area contributed by atoms with E-state index in [1.54, 1.807) is 13.1 Å². The zero-order valence-electron chi connectivity index (χ0n) is 19.2. The number of anilines is 3. The molecule has 0 bridgehead atoms. The molecule has 0 amide bonds. The number of aromatic amines is 1. The van der Waals surface area contributed by atoms with Crippen LogP contribution in [0.15, 0.2) is 66.9 Å². The van der Waals surface area contributed by atoms with Crippen LogP contribution in [0.1, 0.15) is 23.1 Å². The standard InChI is InChI=1S/C26H27N5O2/c1-5-33-25(32)24-23(18-9-7-6-8-10-18)22(17(2)28-24)21-15-16-27-26(30-21)29-19-11-13-20(14-12-19)31(3)4/h6-16,28H,5H2,1-4H3,(H,27,29,30). The SMILES string of the molecule is CCOC(=O)c1[nH]c(C)c(-c2ccnc(Nc3ccc(N(C)C)cc3)n2)c1-c1ccccc1. The summed E-state index contributed by atoms with van der Waals surface area (Å²) in [5.41, 5.74) is 6.48. The summed E-state index contributed by atoms with van der Waals surface area (Å²) in [7, 11) is 4.01. The Bertz CT molecular complexity index is 1250. The van der Waals surface area contributed by atoms with Gasteiger partial charge in [-0.15, -0.1) is 0 Å². The van der Waals surface area contributed by atoms with Gasteiger partial charge in [0.05, 0.1) is 12.3 Å². The van der Waals surface area contributed by atoms with Crippen molar-refractivity contribution in [3.05, 3.63) is 78.2 Å². The van der Waals surface area contributed by atoms with Gasteiger partial charge in [-0.05, 0) is 49.7 Å². The summed E-state index contributed by atoms with van der Waals surface area (Å²) in [5.74, 6) is 0.0847. The van der Waals surface area contributed by atoms with Crippen LogP contribution < -0.4 is 10.2 Å². The molecule has 4 rings (SSSR count). The summed E-state index contributed by atoms with van der Waals surface area (Å²) in [5, 5.41) is 3.27. The Balaban J connectivity index is 1.75. The highest BCUT2D eigenvalue weighted by Crippen LogP contribution is 2.37. The third kappa shape index (κ3) is 4.72. The third-order valence-corrected chi connectivity index (χ3v) is 5.28. The quantitative estimate of drug-likeness (QED) is 0.372. The van der Waals surface area contributed by atoms with Gasteiger partial charge in [-0.3, -0.25) is 0 Å². The van der Waals surface area contributed by atoms with Gasteiger partial charge < -0.3 is 19.9 Å². The van der Waals surface area contributed by atoms with E-state index in [0.29, 0.717) is 23.9 Å². The predicted octanol–water partition coefficient (Wildman–Crippen LogP) is 5.43. The molecule has 7 heteroatoms. The maximum atomic E-state index is 12.7. The number of H-pyrrole nitrogens is 1. The number of hydrogen-bond donors (Lipinski definition) is 2. The number of benzene rings is 2. The van der Waals surface area contributed by atoms with Crippen LogP contribution in [-0.4, -0.2) is 41.6 Å². The fourth-order valence-corrected chi connectivity index (χ4v) is 3.73. The minimum absolute atomic E-state index is 0.300. The average molecular weight is 442 g/mol. The fourth-order valence-electron chi connectivity index (χ4n) is 3.73. The Morgan fingerprint density at radius 2 is 1.76 bits per heavy atom. The molecule has 33 heavy (non-hydrogen) atoms. The Labute approximate surface area is 193 Å². The molecule has 0 radical (unpaired) electrons. The van der Waals surface area contributed by atoms with E-state index in [-0.39, 0.29) is 5.97 Å². The number of aryl methyl sites for hydroxylation is 1. The molecule has 0 unspecified atom stereocenters. The first-order chi connectivity index (χ1) is 16.0. The maximum absolute atomic E-state index is 12.7. The number of hydrogen-bond acceptors (Lipinski definition) is 6. The van der Waals surface area contributed by atoms with Crippen LogP contribution >= 0.6 is 0 Å². The second kappa shape index (κ2) is 9.56. The van der Waals surface area contributed by atoms with Crippen molar-refractivity contribution in [2.45, 2.75) is 13.8 Å². The number of ether oxygens (including phenoxy) is 1. The molecule has 0 saturated carbocycles. The maximum Gasteiger partial charge on any atom is 0.355 e. The molecule has 4 aromatic rings. The summed E-state index contributed by atoms with van der Waals surface area (Å²) in [4.78, 5) is 27.1. The van der Waals surface area contributed by atoms with Crippen LogP contribution in [0.4, 0.5) is 17.3 Å². The molecule has 0 aliphatic carbocycles. The average Bonchev–Trinajstić information content (AvgIpc) is 3.17. The Kier molecular flexibility index (Phi) is 6.40. The third-order valence-electron chi connectivity index (χ3n) is 5.28. The molecule has 0 aliphatic heterocycles. The van der Waals surface area contributed by atoms with Crippen molar-refractivity contribution >= 4 is 23.3 Å². The van der Waals surface area contributed by atoms with E-state index >= 15 is 0 Å². The Morgan fingerprint density at radius 3 is 2.42 bits per heavy atom. The van der Waals surface area contributed by atoms with Crippen LogP contribution in [0, 0.1) is 6.92 Å². The molecule has 7 nitrogen and oxygen atoms in total. The lowest BCUT2D eigenvalue weighted by molar-refractivity contribution is 0.0521. The fraction of sp³-hybridized carbons (Fsp3) is 0.192. The summed E-state index contributed by atoms with van der Waals surface area (Å²) in [6, 6.07) is 19.7. The first-order valence-corrected chi connectivity index (χ1v) is 10.8. The first-order valence-electron chi connectivity index (χ1n) is 10.8. The van der Waals surface area contributed by atoms with Gasteiger partial charge in [0.15, 0.2) is 0 Å². The van der Waals surface area contributed by atoms with Gasteiger partial charge in [-0.1, -0.05) is 30.3 Å². The number of carbonyl (C=O) groups excluding carboxylic acids is 1. The first kappa shape index (κ1) is 22.1. The molecule has 0 atom stereocenters. The normalized spacial score (nSPS) is 10.7. The molecular formula is C26H27N5O2. The minimum atomic E-state index is -0.390. The van der Waals surface area contributed by atoms with Crippen molar-refractivity contribution in [2.75, 3.05) is 30.9 Å². The van der Waals surface area contributed by atoms with Crippen LogP contribution in [0.5, 0.6) is 0 Å². The number of aromatic nitrogens is 3. The molecule has 0 aliphatic rings. The van der Waals surface area contributed by atoms with E-state index in [4.69, 9.17) is 9.72 Å². The highest BCUT2D eigenvalue weighted by atomic mass is 16.5.